The number of fused-ring (bicyclic) bond motifs is 1. The van der Waals surface area contributed by atoms with Crippen molar-refractivity contribution < 1.29 is 4.79 Å². The van der Waals surface area contributed by atoms with Gasteiger partial charge in [-0.15, -0.1) is 10.2 Å². The molecule has 0 radical (unpaired) electrons. The van der Waals surface area contributed by atoms with E-state index in [2.05, 4.69) is 37.1 Å². The minimum Gasteiger partial charge on any atom is -0.325 e. The van der Waals surface area contributed by atoms with E-state index in [1.54, 1.807) is 0 Å². The normalized spacial score (nSPS) is 14.1. The molecular formula is C25H25N5OS. The van der Waals surface area contributed by atoms with Crippen LogP contribution < -0.4 is 5.32 Å². The number of carbonyl (C=O) groups is 1. The Kier molecular flexibility index (Phi) is 6.18. The minimum atomic E-state index is -0.0601. The molecule has 4 aromatic rings. The highest BCUT2D eigenvalue weighted by atomic mass is 32.2. The van der Waals surface area contributed by atoms with Crippen LogP contribution in [0.3, 0.4) is 0 Å². The summed E-state index contributed by atoms with van der Waals surface area (Å²) in [6, 6.07) is 24.1. The first-order valence-corrected chi connectivity index (χ1v) is 11.9. The van der Waals surface area contributed by atoms with E-state index in [0.717, 1.165) is 52.8 Å². The van der Waals surface area contributed by atoms with Gasteiger partial charge in [0, 0.05) is 16.8 Å². The molecule has 6 nitrogen and oxygen atoms in total. The number of hydrogen-bond acceptors (Lipinski definition) is 5. The number of thioether (sulfide) groups is 1. The quantitative estimate of drug-likeness (QED) is 0.418. The van der Waals surface area contributed by atoms with Crippen LogP contribution in [0.25, 0.3) is 16.5 Å². The van der Waals surface area contributed by atoms with Crippen LogP contribution in [0.15, 0.2) is 78.0 Å². The van der Waals surface area contributed by atoms with Crippen LogP contribution in [-0.4, -0.2) is 44.4 Å². The summed E-state index contributed by atoms with van der Waals surface area (Å²) >= 11 is 1.41. The molecule has 1 aromatic heterocycles. The number of likely N-dealkylation sites (tertiary alicyclic amines) is 1. The Morgan fingerprint density at radius 3 is 2.50 bits per heavy atom. The van der Waals surface area contributed by atoms with Gasteiger partial charge in [0.05, 0.1) is 12.3 Å². The molecule has 0 spiro atoms. The zero-order valence-corrected chi connectivity index (χ0v) is 18.6. The Balaban J connectivity index is 1.33. The highest BCUT2D eigenvalue weighted by Gasteiger charge is 2.20. The van der Waals surface area contributed by atoms with E-state index in [9.17, 15) is 4.79 Å². The minimum absolute atomic E-state index is 0.0601. The molecule has 0 saturated carbocycles. The summed E-state index contributed by atoms with van der Waals surface area (Å²) < 4.78 is 2.08. The summed E-state index contributed by atoms with van der Waals surface area (Å²) in [5.74, 6) is 1.11. The van der Waals surface area contributed by atoms with Crippen molar-refractivity contribution in [3.63, 3.8) is 0 Å². The fourth-order valence-electron chi connectivity index (χ4n) is 4.12. The van der Waals surface area contributed by atoms with Crippen molar-refractivity contribution in [3.8, 4) is 5.69 Å². The molecule has 3 aromatic carbocycles. The van der Waals surface area contributed by atoms with Gasteiger partial charge in [0.25, 0.3) is 0 Å². The number of anilines is 1. The first-order chi connectivity index (χ1) is 15.8. The van der Waals surface area contributed by atoms with Gasteiger partial charge in [-0.3, -0.25) is 14.3 Å². The molecule has 7 heteroatoms. The summed E-state index contributed by atoms with van der Waals surface area (Å²) in [4.78, 5) is 15.2. The average Bonchev–Trinajstić information content (AvgIpc) is 3.49. The maximum Gasteiger partial charge on any atom is 0.234 e. The Hall–Kier alpha value is -3.16. The Bertz CT molecular complexity index is 1210. The third-order valence-electron chi connectivity index (χ3n) is 5.67. The third-order valence-corrected chi connectivity index (χ3v) is 6.60. The van der Waals surface area contributed by atoms with Crippen LogP contribution in [0.4, 0.5) is 5.69 Å². The molecule has 1 amide bonds. The number of amides is 1. The number of aromatic nitrogens is 3. The van der Waals surface area contributed by atoms with Crippen LogP contribution in [0.2, 0.25) is 0 Å². The lowest BCUT2D eigenvalue weighted by Crippen LogP contribution is -2.21. The zero-order valence-electron chi connectivity index (χ0n) is 17.8. The van der Waals surface area contributed by atoms with Gasteiger partial charge in [-0.1, -0.05) is 66.4 Å². The fourth-order valence-corrected chi connectivity index (χ4v) is 4.89. The fraction of sp³-hybridized carbons (Fsp3) is 0.240. The van der Waals surface area contributed by atoms with E-state index in [4.69, 9.17) is 0 Å². The third kappa shape index (κ3) is 4.54. The van der Waals surface area contributed by atoms with Crippen molar-refractivity contribution in [2.75, 3.05) is 24.2 Å². The van der Waals surface area contributed by atoms with Crippen LogP contribution in [0.5, 0.6) is 0 Å². The van der Waals surface area contributed by atoms with Crippen molar-refractivity contribution in [1.82, 2.24) is 19.7 Å². The predicted molar refractivity (Wildman–Crippen MR) is 129 cm³/mol. The number of nitrogens with one attached hydrogen (secondary N) is 1. The Morgan fingerprint density at radius 2 is 1.66 bits per heavy atom. The molecule has 0 unspecified atom stereocenters. The van der Waals surface area contributed by atoms with Crippen molar-refractivity contribution in [1.29, 1.82) is 0 Å². The highest BCUT2D eigenvalue weighted by Crippen LogP contribution is 2.26. The second-order valence-electron chi connectivity index (χ2n) is 7.92. The van der Waals surface area contributed by atoms with E-state index < -0.39 is 0 Å². The predicted octanol–water partition coefficient (Wildman–Crippen LogP) is 4.75. The van der Waals surface area contributed by atoms with E-state index >= 15 is 0 Å². The van der Waals surface area contributed by atoms with Gasteiger partial charge < -0.3 is 5.32 Å². The number of para-hydroxylation sites is 1. The molecule has 1 fully saturated rings. The van der Waals surface area contributed by atoms with Crippen molar-refractivity contribution >= 4 is 34.1 Å². The number of rotatable bonds is 7. The van der Waals surface area contributed by atoms with Crippen LogP contribution in [-0.2, 0) is 11.3 Å². The Labute approximate surface area is 191 Å². The van der Waals surface area contributed by atoms with Crippen LogP contribution in [0.1, 0.15) is 18.7 Å². The first kappa shape index (κ1) is 20.7. The lowest BCUT2D eigenvalue weighted by atomic mass is 10.1. The first-order valence-electron chi connectivity index (χ1n) is 10.9. The molecule has 1 aliphatic heterocycles. The average molecular weight is 444 g/mol. The van der Waals surface area contributed by atoms with Crippen molar-refractivity contribution in [2.45, 2.75) is 24.5 Å². The molecule has 1 N–H and O–H groups in total. The van der Waals surface area contributed by atoms with Crippen LogP contribution in [0, 0.1) is 0 Å². The topological polar surface area (TPSA) is 63.1 Å². The number of nitrogens with zero attached hydrogens (tertiary/aromatic N) is 4. The second-order valence-corrected chi connectivity index (χ2v) is 8.86. The summed E-state index contributed by atoms with van der Waals surface area (Å²) in [5.41, 5.74) is 1.84. The van der Waals surface area contributed by atoms with Crippen molar-refractivity contribution in [3.05, 3.63) is 78.6 Å². The lowest BCUT2D eigenvalue weighted by molar-refractivity contribution is -0.113. The largest absolute Gasteiger partial charge is 0.325 e. The molecule has 0 atom stereocenters. The molecule has 32 heavy (non-hydrogen) atoms. The van der Waals surface area contributed by atoms with E-state index in [0.29, 0.717) is 0 Å². The number of hydrogen-bond donors (Lipinski definition) is 1. The van der Waals surface area contributed by atoms with Gasteiger partial charge in [-0.2, -0.15) is 0 Å². The molecular weight excluding hydrogens is 418 g/mol. The van der Waals surface area contributed by atoms with Crippen LogP contribution >= 0.6 is 11.8 Å². The number of benzene rings is 3. The maximum absolute atomic E-state index is 12.8. The SMILES string of the molecule is O=C(CSc1nnc(CN2CCCC2)n1-c1ccccc1)Nc1cccc2ccccc12. The monoisotopic (exact) mass is 443 g/mol. The van der Waals surface area contributed by atoms with Crippen molar-refractivity contribution in [2.24, 2.45) is 0 Å². The smallest absolute Gasteiger partial charge is 0.234 e. The van der Waals surface area contributed by atoms with E-state index in [1.165, 1.54) is 24.6 Å². The standard InChI is InChI=1S/C25H25N5OS/c31-24(26-22-14-8-10-19-9-4-5-13-21(19)22)18-32-25-28-27-23(17-29-15-6-7-16-29)30(25)20-11-2-1-3-12-20/h1-5,8-14H,6-7,15-18H2,(H,26,31). The second kappa shape index (κ2) is 9.54. The molecule has 2 heterocycles. The summed E-state index contributed by atoms with van der Waals surface area (Å²) in [7, 11) is 0. The molecule has 0 bridgehead atoms. The van der Waals surface area contributed by atoms with Gasteiger partial charge >= 0.3 is 0 Å². The highest BCUT2D eigenvalue weighted by molar-refractivity contribution is 7.99. The Morgan fingerprint density at radius 1 is 0.906 bits per heavy atom. The summed E-state index contributed by atoms with van der Waals surface area (Å²) in [6.07, 6.45) is 2.46. The molecule has 0 aliphatic carbocycles. The lowest BCUT2D eigenvalue weighted by Gasteiger charge is -2.16. The summed E-state index contributed by atoms with van der Waals surface area (Å²) in [6.45, 7) is 2.96. The molecule has 1 aliphatic rings. The van der Waals surface area contributed by atoms with Gasteiger partial charge in [-0.05, 0) is 49.5 Å². The maximum atomic E-state index is 12.8. The van der Waals surface area contributed by atoms with Gasteiger partial charge in [0.2, 0.25) is 5.91 Å². The van der Waals surface area contributed by atoms with Gasteiger partial charge in [-0.25, -0.2) is 0 Å². The molecule has 5 rings (SSSR count). The zero-order chi connectivity index (χ0) is 21.8. The summed E-state index contributed by atoms with van der Waals surface area (Å²) in [5, 5.41) is 14.8. The molecule has 1 saturated heterocycles. The van der Waals surface area contributed by atoms with E-state index in [1.807, 2.05) is 60.7 Å². The number of carbonyl (C=O) groups excluding carboxylic acids is 1. The van der Waals surface area contributed by atoms with Gasteiger partial charge in [0.1, 0.15) is 0 Å². The van der Waals surface area contributed by atoms with E-state index in [-0.39, 0.29) is 11.7 Å². The van der Waals surface area contributed by atoms with Gasteiger partial charge in [0.15, 0.2) is 11.0 Å². The molecule has 162 valence electrons.